The van der Waals surface area contributed by atoms with Gasteiger partial charge in [0.1, 0.15) is 0 Å². The molecule has 0 saturated carbocycles. The molecule has 0 aliphatic carbocycles. The predicted octanol–water partition coefficient (Wildman–Crippen LogP) is 1.26. The number of nitrogens with two attached hydrogens (primary N) is 1. The summed E-state index contributed by atoms with van der Waals surface area (Å²) >= 11 is 5.86. The zero-order chi connectivity index (χ0) is 10.1. The third-order valence-electron chi connectivity index (χ3n) is 2.06. The van der Waals surface area contributed by atoms with Crippen molar-refractivity contribution in [1.29, 1.82) is 0 Å². The Kier molecular flexibility index (Phi) is 2.31. The summed E-state index contributed by atoms with van der Waals surface area (Å²) in [5.74, 6) is 0.399. The number of anilines is 1. The largest absolute Gasteiger partial charge is 0.395 e. The van der Waals surface area contributed by atoms with Crippen molar-refractivity contribution in [3.05, 3.63) is 23.2 Å². The second kappa shape index (κ2) is 3.48. The highest BCUT2D eigenvalue weighted by Crippen LogP contribution is 2.21. The minimum Gasteiger partial charge on any atom is -0.395 e. The highest BCUT2D eigenvalue weighted by Gasteiger charge is 2.07. The second-order valence-corrected chi connectivity index (χ2v) is 3.41. The number of aliphatic hydroxyl groups excluding tert-OH is 1. The maximum atomic E-state index is 8.85. The van der Waals surface area contributed by atoms with E-state index in [1.54, 1.807) is 16.7 Å². The van der Waals surface area contributed by atoms with Crippen molar-refractivity contribution in [2.24, 2.45) is 0 Å². The van der Waals surface area contributed by atoms with E-state index < -0.39 is 0 Å². The van der Waals surface area contributed by atoms with E-state index in [4.69, 9.17) is 22.4 Å². The standard InChI is InChI=1S/C9H10ClN3O/c10-6-1-2-7-8(5-6)13(3-4-14)9(11)12-7/h1-2,5,14H,3-4H2,(H2,11,12). The van der Waals surface area contributed by atoms with Crippen LogP contribution in [0.3, 0.4) is 0 Å². The van der Waals surface area contributed by atoms with Gasteiger partial charge in [0.05, 0.1) is 17.6 Å². The topological polar surface area (TPSA) is 64.1 Å². The lowest BCUT2D eigenvalue weighted by Gasteiger charge is -2.02. The van der Waals surface area contributed by atoms with Crippen LogP contribution in [0.2, 0.25) is 5.02 Å². The summed E-state index contributed by atoms with van der Waals surface area (Å²) in [5, 5.41) is 9.49. The number of fused-ring (bicyclic) bond motifs is 1. The lowest BCUT2D eigenvalue weighted by molar-refractivity contribution is 0.278. The van der Waals surface area contributed by atoms with Gasteiger partial charge in [-0.2, -0.15) is 0 Å². The Labute approximate surface area is 85.9 Å². The van der Waals surface area contributed by atoms with E-state index in [1.165, 1.54) is 0 Å². The van der Waals surface area contributed by atoms with E-state index >= 15 is 0 Å². The molecule has 0 atom stereocenters. The van der Waals surface area contributed by atoms with Crippen molar-refractivity contribution in [2.75, 3.05) is 12.3 Å². The molecule has 0 unspecified atom stereocenters. The number of nitrogen functional groups attached to an aromatic ring is 1. The summed E-state index contributed by atoms with van der Waals surface area (Å²) in [7, 11) is 0. The second-order valence-electron chi connectivity index (χ2n) is 2.98. The molecule has 4 nitrogen and oxygen atoms in total. The van der Waals surface area contributed by atoms with Crippen molar-refractivity contribution in [2.45, 2.75) is 6.54 Å². The molecule has 5 heteroatoms. The first-order valence-corrected chi connectivity index (χ1v) is 4.62. The molecule has 3 N–H and O–H groups in total. The zero-order valence-corrected chi connectivity index (χ0v) is 8.20. The molecule has 14 heavy (non-hydrogen) atoms. The summed E-state index contributed by atoms with van der Waals surface area (Å²) in [6.07, 6.45) is 0. The number of aromatic nitrogens is 2. The molecule has 74 valence electrons. The third kappa shape index (κ3) is 1.42. The number of hydrogen-bond acceptors (Lipinski definition) is 3. The molecule has 0 bridgehead atoms. The van der Waals surface area contributed by atoms with Gasteiger partial charge in [-0.25, -0.2) is 4.98 Å². The van der Waals surface area contributed by atoms with Crippen LogP contribution >= 0.6 is 11.6 Å². The van der Waals surface area contributed by atoms with E-state index in [0.29, 0.717) is 17.5 Å². The van der Waals surface area contributed by atoms with Gasteiger partial charge in [0.2, 0.25) is 5.95 Å². The molecule has 1 aromatic carbocycles. The zero-order valence-electron chi connectivity index (χ0n) is 7.44. The minimum absolute atomic E-state index is 0.0299. The van der Waals surface area contributed by atoms with Gasteiger partial charge in [-0.15, -0.1) is 0 Å². The van der Waals surface area contributed by atoms with Crippen molar-refractivity contribution in [3.8, 4) is 0 Å². The number of nitrogens with zero attached hydrogens (tertiary/aromatic N) is 2. The monoisotopic (exact) mass is 211 g/mol. The summed E-state index contributed by atoms with van der Waals surface area (Å²) < 4.78 is 1.74. The van der Waals surface area contributed by atoms with E-state index in [1.807, 2.05) is 6.07 Å². The first-order chi connectivity index (χ1) is 6.72. The molecule has 1 heterocycles. The van der Waals surface area contributed by atoms with E-state index in [-0.39, 0.29) is 6.61 Å². The molecule has 0 saturated heterocycles. The first-order valence-electron chi connectivity index (χ1n) is 4.24. The van der Waals surface area contributed by atoms with E-state index in [2.05, 4.69) is 4.98 Å². The Balaban J connectivity index is 2.66. The van der Waals surface area contributed by atoms with Crippen LogP contribution in [0.4, 0.5) is 5.95 Å². The molecule has 2 aromatic rings. The van der Waals surface area contributed by atoms with Crippen LogP contribution in [0, 0.1) is 0 Å². The van der Waals surface area contributed by atoms with Crippen LogP contribution < -0.4 is 5.73 Å². The maximum Gasteiger partial charge on any atom is 0.201 e. The van der Waals surface area contributed by atoms with Gasteiger partial charge >= 0.3 is 0 Å². The SMILES string of the molecule is Nc1nc2ccc(Cl)cc2n1CCO. The molecule has 0 amide bonds. The molecule has 0 spiro atoms. The Hall–Kier alpha value is -1.26. The number of halogens is 1. The molecule has 0 aliphatic heterocycles. The smallest absolute Gasteiger partial charge is 0.201 e. The van der Waals surface area contributed by atoms with Crippen molar-refractivity contribution in [1.82, 2.24) is 9.55 Å². The van der Waals surface area contributed by atoms with Crippen molar-refractivity contribution >= 4 is 28.6 Å². The molecule has 0 aliphatic rings. The molecular weight excluding hydrogens is 202 g/mol. The summed E-state index contributed by atoms with van der Waals surface area (Å²) in [6.45, 7) is 0.463. The average molecular weight is 212 g/mol. The summed E-state index contributed by atoms with van der Waals surface area (Å²) in [5.41, 5.74) is 7.33. The third-order valence-corrected chi connectivity index (χ3v) is 2.30. The normalized spacial score (nSPS) is 11.0. The van der Waals surface area contributed by atoms with Gasteiger partial charge in [-0.1, -0.05) is 11.6 Å². The van der Waals surface area contributed by atoms with Gasteiger partial charge < -0.3 is 15.4 Å². The highest BCUT2D eigenvalue weighted by atomic mass is 35.5. The number of imidazole rings is 1. The van der Waals surface area contributed by atoms with Gasteiger partial charge in [-0.3, -0.25) is 0 Å². The van der Waals surface area contributed by atoms with E-state index in [0.717, 1.165) is 11.0 Å². The van der Waals surface area contributed by atoms with Crippen molar-refractivity contribution < 1.29 is 5.11 Å². The Morgan fingerprint density at radius 3 is 3.00 bits per heavy atom. The van der Waals surface area contributed by atoms with Gasteiger partial charge in [0, 0.05) is 11.6 Å². The number of rotatable bonds is 2. The Bertz CT molecular complexity index is 466. The fourth-order valence-corrected chi connectivity index (χ4v) is 1.62. The minimum atomic E-state index is 0.0299. The van der Waals surface area contributed by atoms with Crippen molar-refractivity contribution in [3.63, 3.8) is 0 Å². The van der Waals surface area contributed by atoms with Crippen LogP contribution in [0.25, 0.3) is 11.0 Å². The van der Waals surface area contributed by atoms with Crippen LogP contribution in [0.1, 0.15) is 0 Å². The molecule has 1 aromatic heterocycles. The summed E-state index contributed by atoms with van der Waals surface area (Å²) in [4.78, 5) is 4.14. The lowest BCUT2D eigenvalue weighted by Crippen LogP contribution is -2.05. The fourth-order valence-electron chi connectivity index (χ4n) is 1.45. The Morgan fingerprint density at radius 2 is 2.29 bits per heavy atom. The molecular formula is C9H10ClN3O. The Morgan fingerprint density at radius 1 is 1.50 bits per heavy atom. The van der Waals surface area contributed by atoms with Crippen LogP contribution in [0.5, 0.6) is 0 Å². The van der Waals surface area contributed by atoms with Gasteiger partial charge in [0.15, 0.2) is 0 Å². The maximum absolute atomic E-state index is 8.85. The van der Waals surface area contributed by atoms with Crippen LogP contribution in [-0.4, -0.2) is 21.3 Å². The lowest BCUT2D eigenvalue weighted by atomic mass is 10.3. The van der Waals surface area contributed by atoms with Gasteiger partial charge in [0.25, 0.3) is 0 Å². The van der Waals surface area contributed by atoms with Crippen LogP contribution in [-0.2, 0) is 6.54 Å². The van der Waals surface area contributed by atoms with Crippen LogP contribution in [0.15, 0.2) is 18.2 Å². The molecule has 2 rings (SSSR count). The first kappa shape index (κ1) is 9.30. The number of hydrogen-bond donors (Lipinski definition) is 2. The fraction of sp³-hybridized carbons (Fsp3) is 0.222. The molecule has 0 fully saturated rings. The number of benzene rings is 1. The molecule has 0 radical (unpaired) electrons. The summed E-state index contributed by atoms with van der Waals surface area (Å²) in [6, 6.07) is 5.36. The average Bonchev–Trinajstić information content (AvgIpc) is 2.45. The quantitative estimate of drug-likeness (QED) is 0.786. The van der Waals surface area contributed by atoms with Gasteiger partial charge in [-0.05, 0) is 18.2 Å². The highest BCUT2D eigenvalue weighted by molar-refractivity contribution is 6.31. The predicted molar refractivity (Wildman–Crippen MR) is 56.2 cm³/mol. The van der Waals surface area contributed by atoms with E-state index in [9.17, 15) is 0 Å². The number of aliphatic hydroxyl groups is 1.